The molecule has 0 aromatic carbocycles. The van der Waals surface area contributed by atoms with Gasteiger partial charge in [0.1, 0.15) is 6.10 Å². The summed E-state index contributed by atoms with van der Waals surface area (Å²) >= 11 is 0. The topological polar surface area (TPSA) is 83.8 Å². The zero-order valence-electron chi connectivity index (χ0n) is 8.52. The second kappa shape index (κ2) is 5.70. The van der Waals surface area contributed by atoms with Crippen LogP contribution in [0.15, 0.2) is 0 Å². The average molecular weight is 216 g/mol. The fourth-order valence-electron chi connectivity index (χ4n) is 1.66. The molecule has 0 bridgehead atoms. The summed E-state index contributed by atoms with van der Waals surface area (Å²) in [5, 5.41) is 17.3. The molecule has 86 valence electrons. The number of carbonyl (C=O) groups is 2. The van der Waals surface area contributed by atoms with Gasteiger partial charge in [-0.05, 0) is 25.7 Å². The van der Waals surface area contributed by atoms with Crippen molar-refractivity contribution in [3.8, 4) is 0 Å². The van der Waals surface area contributed by atoms with Gasteiger partial charge < -0.3 is 14.9 Å². The molecule has 0 saturated heterocycles. The average Bonchev–Trinajstić information content (AvgIpc) is 2.18. The van der Waals surface area contributed by atoms with Gasteiger partial charge in [0.05, 0.1) is 6.42 Å². The Morgan fingerprint density at radius 2 is 1.87 bits per heavy atom. The highest BCUT2D eigenvalue weighted by Crippen LogP contribution is 2.20. The maximum Gasteiger partial charge on any atom is 0.333 e. The summed E-state index contributed by atoms with van der Waals surface area (Å²) in [6.07, 6.45) is 2.72. The number of esters is 1. The number of aliphatic hydroxyl groups excluding tert-OH is 1. The second-order valence-electron chi connectivity index (χ2n) is 3.81. The third-order valence-corrected chi connectivity index (χ3v) is 2.50. The van der Waals surface area contributed by atoms with Crippen molar-refractivity contribution in [2.45, 2.75) is 50.7 Å². The number of carboxylic acid groups (broad SMARTS) is 1. The molecule has 0 spiro atoms. The molecule has 0 unspecified atom stereocenters. The van der Waals surface area contributed by atoms with E-state index in [1.807, 2.05) is 0 Å². The summed E-state index contributed by atoms with van der Waals surface area (Å²) < 4.78 is 5.05. The molecule has 1 aliphatic carbocycles. The van der Waals surface area contributed by atoms with E-state index in [9.17, 15) is 9.59 Å². The lowest BCUT2D eigenvalue weighted by molar-refractivity contribution is -0.159. The summed E-state index contributed by atoms with van der Waals surface area (Å²) in [5.41, 5.74) is 0. The van der Waals surface area contributed by atoms with E-state index in [2.05, 4.69) is 0 Å². The van der Waals surface area contributed by atoms with Gasteiger partial charge in [0.15, 0.2) is 6.10 Å². The van der Waals surface area contributed by atoms with Crippen molar-refractivity contribution in [1.82, 2.24) is 0 Å². The van der Waals surface area contributed by atoms with Gasteiger partial charge >= 0.3 is 11.9 Å². The van der Waals surface area contributed by atoms with Crippen LogP contribution in [0.4, 0.5) is 0 Å². The zero-order chi connectivity index (χ0) is 11.3. The number of aliphatic carboxylic acids is 1. The molecule has 15 heavy (non-hydrogen) atoms. The molecule has 1 saturated carbocycles. The van der Waals surface area contributed by atoms with Crippen molar-refractivity contribution in [2.75, 3.05) is 0 Å². The van der Waals surface area contributed by atoms with Crippen LogP contribution in [0.2, 0.25) is 0 Å². The van der Waals surface area contributed by atoms with Gasteiger partial charge in [0.2, 0.25) is 0 Å². The van der Waals surface area contributed by atoms with Crippen molar-refractivity contribution in [1.29, 1.82) is 0 Å². The molecule has 1 rings (SSSR count). The predicted octanol–water partition coefficient (Wildman–Crippen LogP) is 0.698. The van der Waals surface area contributed by atoms with E-state index in [0.717, 1.165) is 32.1 Å². The van der Waals surface area contributed by atoms with Gasteiger partial charge in [-0.15, -0.1) is 0 Å². The Balaban J connectivity index is 2.25. The van der Waals surface area contributed by atoms with Gasteiger partial charge in [0, 0.05) is 0 Å². The molecule has 2 N–H and O–H groups in total. The molecule has 0 heterocycles. The van der Waals surface area contributed by atoms with Crippen molar-refractivity contribution < 1.29 is 24.5 Å². The summed E-state index contributed by atoms with van der Waals surface area (Å²) in [6.45, 7) is 0. The van der Waals surface area contributed by atoms with Gasteiger partial charge in [-0.1, -0.05) is 6.42 Å². The first-order chi connectivity index (χ1) is 7.09. The second-order valence-corrected chi connectivity index (χ2v) is 3.81. The van der Waals surface area contributed by atoms with Crippen LogP contribution in [0.1, 0.15) is 38.5 Å². The van der Waals surface area contributed by atoms with Gasteiger partial charge in [-0.2, -0.15) is 0 Å². The van der Waals surface area contributed by atoms with E-state index in [1.165, 1.54) is 0 Å². The fourth-order valence-corrected chi connectivity index (χ4v) is 1.66. The SMILES string of the molecule is O=C(C[C@H](O)C(=O)O)OC1CCCCC1. The van der Waals surface area contributed by atoms with Gasteiger partial charge in [-0.25, -0.2) is 4.79 Å². The Morgan fingerprint density at radius 3 is 2.40 bits per heavy atom. The Bertz CT molecular complexity index is 232. The van der Waals surface area contributed by atoms with Crippen LogP contribution in [0.5, 0.6) is 0 Å². The third kappa shape index (κ3) is 4.29. The van der Waals surface area contributed by atoms with Crippen LogP contribution in [0.25, 0.3) is 0 Å². The molecular weight excluding hydrogens is 200 g/mol. The molecule has 1 atom stereocenters. The van der Waals surface area contributed by atoms with Crippen LogP contribution < -0.4 is 0 Å². The molecule has 5 heteroatoms. The Kier molecular flexibility index (Phi) is 4.55. The molecule has 1 aliphatic rings. The number of carboxylic acids is 1. The molecular formula is C10H16O5. The Hall–Kier alpha value is -1.10. The molecule has 5 nitrogen and oxygen atoms in total. The number of rotatable bonds is 4. The standard InChI is InChI=1S/C10H16O5/c11-8(10(13)14)6-9(12)15-7-4-2-1-3-5-7/h7-8,11H,1-6H2,(H,13,14)/t8-/m0/s1. The summed E-state index contributed by atoms with van der Waals surface area (Å²) in [7, 11) is 0. The normalized spacial score (nSPS) is 19.5. The summed E-state index contributed by atoms with van der Waals surface area (Å²) in [4.78, 5) is 21.4. The minimum absolute atomic E-state index is 0.0905. The Morgan fingerprint density at radius 1 is 1.27 bits per heavy atom. The first kappa shape index (κ1) is 12.0. The van der Waals surface area contributed by atoms with Crippen LogP contribution in [0, 0.1) is 0 Å². The van der Waals surface area contributed by atoms with E-state index < -0.39 is 24.5 Å². The number of hydrogen-bond donors (Lipinski definition) is 2. The molecule has 0 aliphatic heterocycles. The minimum atomic E-state index is -1.65. The van der Waals surface area contributed by atoms with Crippen molar-refractivity contribution in [2.24, 2.45) is 0 Å². The van der Waals surface area contributed by atoms with Crippen molar-refractivity contribution in [3.05, 3.63) is 0 Å². The summed E-state index contributed by atoms with van der Waals surface area (Å²) in [6, 6.07) is 0. The van der Waals surface area contributed by atoms with Crippen molar-refractivity contribution in [3.63, 3.8) is 0 Å². The van der Waals surface area contributed by atoms with Crippen LogP contribution >= 0.6 is 0 Å². The first-order valence-corrected chi connectivity index (χ1v) is 5.20. The highest BCUT2D eigenvalue weighted by atomic mass is 16.5. The molecule has 0 amide bonds. The van der Waals surface area contributed by atoms with E-state index in [1.54, 1.807) is 0 Å². The van der Waals surface area contributed by atoms with E-state index in [4.69, 9.17) is 14.9 Å². The van der Waals surface area contributed by atoms with Crippen LogP contribution in [-0.2, 0) is 14.3 Å². The van der Waals surface area contributed by atoms with Gasteiger partial charge in [-0.3, -0.25) is 4.79 Å². The quantitative estimate of drug-likeness (QED) is 0.676. The van der Waals surface area contributed by atoms with E-state index >= 15 is 0 Å². The van der Waals surface area contributed by atoms with E-state index in [0.29, 0.717) is 0 Å². The smallest absolute Gasteiger partial charge is 0.333 e. The number of aliphatic hydroxyl groups is 1. The van der Waals surface area contributed by atoms with Crippen molar-refractivity contribution >= 4 is 11.9 Å². The zero-order valence-corrected chi connectivity index (χ0v) is 8.52. The minimum Gasteiger partial charge on any atom is -0.479 e. The highest BCUT2D eigenvalue weighted by molar-refractivity contribution is 5.80. The maximum absolute atomic E-state index is 11.2. The van der Waals surface area contributed by atoms with Crippen LogP contribution in [-0.4, -0.2) is 34.4 Å². The molecule has 0 radical (unpaired) electrons. The number of ether oxygens (including phenoxy) is 1. The molecule has 0 aromatic heterocycles. The lowest BCUT2D eigenvalue weighted by Crippen LogP contribution is -2.27. The summed E-state index contributed by atoms with van der Waals surface area (Å²) in [5.74, 6) is -2.02. The fraction of sp³-hybridized carbons (Fsp3) is 0.800. The van der Waals surface area contributed by atoms with E-state index in [-0.39, 0.29) is 6.10 Å². The largest absolute Gasteiger partial charge is 0.479 e. The van der Waals surface area contributed by atoms with Crippen LogP contribution in [0.3, 0.4) is 0 Å². The molecule has 1 fully saturated rings. The third-order valence-electron chi connectivity index (χ3n) is 2.50. The number of carbonyl (C=O) groups excluding carboxylic acids is 1. The first-order valence-electron chi connectivity index (χ1n) is 5.20. The highest BCUT2D eigenvalue weighted by Gasteiger charge is 2.22. The monoisotopic (exact) mass is 216 g/mol. The molecule has 0 aromatic rings. The maximum atomic E-state index is 11.2. The Labute approximate surface area is 88.0 Å². The van der Waals surface area contributed by atoms with Gasteiger partial charge in [0.25, 0.3) is 0 Å². The number of hydrogen-bond acceptors (Lipinski definition) is 4. The lowest BCUT2D eigenvalue weighted by Gasteiger charge is -2.22. The predicted molar refractivity (Wildman–Crippen MR) is 51.2 cm³/mol. The lowest BCUT2D eigenvalue weighted by atomic mass is 9.98.